The number of aromatic nitrogens is 1. The van der Waals surface area contributed by atoms with Crippen LogP contribution in [-0.4, -0.2) is 0 Å². The van der Waals surface area contributed by atoms with Crippen molar-refractivity contribution in [2.75, 3.05) is 0 Å². The Morgan fingerprint density at radius 3 is 2.36 bits per heavy atom. The van der Waals surface area contributed by atoms with E-state index >= 15 is 0 Å². The molecular formula is C25H32NOS+. The molecule has 2 aromatic rings. The van der Waals surface area contributed by atoms with Gasteiger partial charge in [-0.25, -0.2) is 0 Å². The summed E-state index contributed by atoms with van der Waals surface area (Å²) in [6, 6.07) is 8.58. The van der Waals surface area contributed by atoms with Crippen LogP contribution in [0, 0.1) is 10.8 Å². The molecule has 0 saturated heterocycles. The molecule has 28 heavy (non-hydrogen) atoms. The lowest BCUT2D eigenvalue weighted by atomic mass is 9.82. The first-order chi connectivity index (χ1) is 13.1. The Morgan fingerprint density at radius 1 is 1.00 bits per heavy atom. The summed E-state index contributed by atoms with van der Waals surface area (Å²) in [4.78, 5) is 0. The first kappa shape index (κ1) is 20.6. The van der Waals surface area contributed by atoms with Gasteiger partial charge in [0.1, 0.15) is 22.8 Å². The van der Waals surface area contributed by atoms with Gasteiger partial charge in [-0.3, -0.25) is 0 Å². The van der Waals surface area contributed by atoms with Gasteiger partial charge in [0.2, 0.25) is 5.52 Å². The van der Waals surface area contributed by atoms with Gasteiger partial charge < -0.3 is 4.74 Å². The average molecular weight is 395 g/mol. The van der Waals surface area contributed by atoms with Crippen molar-refractivity contribution in [1.29, 1.82) is 0 Å². The number of benzene rings is 1. The van der Waals surface area contributed by atoms with Crippen LogP contribution in [0.5, 0.6) is 0 Å². The minimum Gasteiger partial charge on any atom is -0.461 e. The number of rotatable bonds is 3. The lowest BCUT2D eigenvalue weighted by Gasteiger charge is -2.31. The molecule has 0 spiro atoms. The molecule has 148 valence electrons. The zero-order valence-electron chi connectivity index (χ0n) is 18.2. The second-order valence-corrected chi connectivity index (χ2v) is 10.4. The molecule has 3 rings (SSSR count). The van der Waals surface area contributed by atoms with Crippen LogP contribution in [0.1, 0.15) is 53.5 Å². The Balaban J connectivity index is 1.93. The number of nitrogens with zero attached hydrogens (tertiary/aromatic N) is 1. The second-order valence-electron chi connectivity index (χ2n) is 9.29. The highest BCUT2D eigenvalue weighted by molar-refractivity contribution is 7.18. The van der Waals surface area contributed by atoms with E-state index in [1.54, 1.807) is 0 Å². The van der Waals surface area contributed by atoms with E-state index in [9.17, 15) is 0 Å². The van der Waals surface area contributed by atoms with Crippen molar-refractivity contribution in [2.24, 2.45) is 10.8 Å². The van der Waals surface area contributed by atoms with Gasteiger partial charge in [0.05, 0.1) is 0 Å². The molecule has 0 bridgehead atoms. The fraction of sp³-hybridized carbons (Fsp3) is 0.400. The smallest absolute Gasteiger partial charge is 0.262 e. The predicted octanol–water partition coefficient (Wildman–Crippen LogP) is 7.04. The summed E-state index contributed by atoms with van der Waals surface area (Å²) in [5.74, 6) is 1.92. The van der Waals surface area contributed by atoms with Crippen LogP contribution in [0.3, 0.4) is 0 Å². The van der Waals surface area contributed by atoms with E-state index in [-0.39, 0.29) is 10.8 Å². The van der Waals surface area contributed by atoms with Gasteiger partial charge in [0.25, 0.3) is 5.01 Å². The Hall–Kier alpha value is -2.13. The molecule has 0 saturated carbocycles. The summed E-state index contributed by atoms with van der Waals surface area (Å²) >= 11 is 1.82. The summed E-state index contributed by atoms with van der Waals surface area (Å²) in [6.07, 6.45) is 10.7. The van der Waals surface area contributed by atoms with E-state index in [1.807, 2.05) is 11.3 Å². The molecule has 1 aliphatic rings. The van der Waals surface area contributed by atoms with Crippen molar-refractivity contribution in [3.05, 3.63) is 70.7 Å². The molecule has 3 heteroatoms. The van der Waals surface area contributed by atoms with Gasteiger partial charge in [-0.2, -0.15) is 4.57 Å². The number of para-hydroxylation sites is 1. The number of ether oxygens (including phenoxy) is 1. The second kappa shape index (κ2) is 7.71. The Morgan fingerprint density at radius 2 is 1.71 bits per heavy atom. The predicted molar refractivity (Wildman–Crippen MR) is 121 cm³/mol. The summed E-state index contributed by atoms with van der Waals surface area (Å²) < 4.78 is 9.89. The third kappa shape index (κ3) is 4.47. The molecule has 0 fully saturated rings. The van der Waals surface area contributed by atoms with Gasteiger partial charge in [-0.1, -0.05) is 71.1 Å². The number of thiazole rings is 1. The third-order valence-electron chi connectivity index (χ3n) is 4.87. The topological polar surface area (TPSA) is 13.1 Å². The number of hydrogen-bond acceptors (Lipinski definition) is 2. The fourth-order valence-electron chi connectivity index (χ4n) is 3.14. The van der Waals surface area contributed by atoms with E-state index in [4.69, 9.17) is 4.74 Å². The maximum absolute atomic E-state index is 6.22. The average Bonchev–Trinajstić information content (AvgIpc) is 2.97. The van der Waals surface area contributed by atoms with E-state index in [0.717, 1.165) is 18.1 Å². The first-order valence-corrected chi connectivity index (χ1v) is 10.8. The molecule has 1 aromatic carbocycles. The van der Waals surface area contributed by atoms with E-state index in [1.165, 1.54) is 20.8 Å². The van der Waals surface area contributed by atoms with Crippen LogP contribution in [0.25, 0.3) is 16.3 Å². The van der Waals surface area contributed by atoms with Gasteiger partial charge in [-0.05, 0) is 42.2 Å². The molecular weight excluding hydrogens is 362 g/mol. The Labute approximate surface area is 173 Å². The van der Waals surface area contributed by atoms with E-state index in [0.29, 0.717) is 0 Å². The lowest BCUT2D eigenvalue weighted by Crippen LogP contribution is -2.33. The zero-order valence-corrected chi connectivity index (χ0v) is 19.0. The van der Waals surface area contributed by atoms with Gasteiger partial charge in [-0.15, -0.1) is 0 Å². The minimum atomic E-state index is -0.0235. The number of hydrogen-bond donors (Lipinski definition) is 0. The molecule has 1 aromatic heterocycles. The molecule has 2 heterocycles. The standard InChI is InChI=1S/C25H32NOS/c1-8-26-20-13-9-10-14-21(20)28-23(26)15-11-12-19-16-18(24(2,3)4)17-22(27-19)25(5,6)7/h9-17H,8H2,1-7H3/q+1. The van der Waals surface area contributed by atoms with Crippen molar-refractivity contribution in [1.82, 2.24) is 0 Å². The van der Waals surface area contributed by atoms with Gasteiger partial charge >= 0.3 is 0 Å². The number of aryl methyl sites for hydroxylation is 1. The van der Waals surface area contributed by atoms with Crippen molar-refractivity contribution in [3.63, 3.8) is 0 Å². The van der Waals surface area contributed by atoms with Crippen LogP contribution in [-0.2, 0) is 11.3 Å². The first-order valence-electron chi connectivity index (χ1n) is 10.0. The third-order valence-corrected chi connectivity index (χ3v) is 6.00. The summed E-state index contributed by atoms with van der Waals surface area (Å²) in [5, 5.41) is 1.25. The van der Waals surface area contributed by atoms with Crippen molar-refractivity contribution >= 4 is 27.6 Å². The Bertz CT molecular complexity index is 988. The summed E-state index contributed by atoms with van der Waals surface area (Å²) in [5.41, 5.74) is 2.65. The molecule has 2 nitrogen and oxygen atoms in total. The maximum atomic E-state index is 6.22. The van der Waals surface area contributed by atoms with Crippen molar-refractivity contribution in [3.8, 4) is 0 Å². The molecule has 0 unspecified atom stereocenters. The maximum Gasteiger partial charge on any atom is 0.262 e. The SMILES string of the molecule is CC[n+]1c(C=CC=C2C=C(C(C)(C)C)C=C(C(C)(C)C)O2)sc2ccccc21. The molecule has 0 amide bonds. The minimum absolute atomic E-state index is 0.0235. The fourth-order valence-corrected chi connectivity index (χ4v) is 4.27. The molecule has 1 aliphatic heterocycles. The largest absolute Gasteiger partial charge is 0.461 e. The normalized spacial score (nSPS) is 17.2. The van der Waals surface area contributed by atoms with E-state index < -0.39 is 0 Å². The van der Waals surface area contributed by atoms with Crippen LogP contribution in [0.4, 0.5) is 0 Å². The quantitative estimate of drug-likeness (QED) is 0.509. The van der Waals surface area contributed by atoms with Crippen LogP contribution in [0.15, 0.2) is 65.7 Å². The highest BCUT2D eigenvalue weighted by atomic mass is 32.1. The van der Waals surface area contributed by atoms with Crippen LogP contribution < -0.4 is 4.57 Å². The number of allylic oxidation sites excluding steroid dienone is 6. The van der Waals surface area contributed by atoms with Crippen molar-refractivity contribution in [2.45, 2.75) is 55.0 Å². The van der Waals surface area contributed by atoms with Crippen molar-refractivity contribution < 1.29 is 9.30 Å². The van der Waals surface area contributed by atoms with Gasteiger partial charge in [0.15, 0.2) is 0 Å². The molecule has 0 aliphatic carbocycles. The zero-order chi connectivity index (χ0) is 20.5. The highest BCUT2D eigenvalue weighted by Gasteiger charge is 2.27. The highest BCUT2D eigenvalue weighted by Crippen LogP contribution is 2.38. The molecule has 0 atom stereocenters. The summed E-state index contributed by atoms with van der Waals surface area (Å²) in [7, 11) is 0. The van der Waals surface area contributed by atoms with E-state index in [2.05, 4.69) is 108 Å². The lowest BCUT2D eigenvalue weighted by molar-refractivity contribution is -0.665. The summed E-state index contributed by atoms with van der Waals surface area (Å²) in [6.45, 7) is 16.5. The Kier molecular flexibility index (Phi) is 5.67. The molecule has 0 radical (unpaired) electrons. The van der Waals surface area contributed by atoms with Crippen LogP contribution in [0.2, 0.25) is 0 Å². The van der Waals surface area contributed by atoms with Crippen LogP contribution >= 0.6 is 11.3 Å². The monoisotopic (exact) mass is 394 g/mol. The van der Waals surface area contributed by atoms with Gasteiger partial charge in [0, 0.05) is 17.6 Å². The molecule has 0 N–H and O–H groups in total. The number of fused-ring (bicyclic) bond motifs is 1.